The zero-order chi connectivity index (χ0) is 11.7. The maximum Gasteiger partial charge on any atom is 0.0760 e. The molecule has 2 atom stereocenters. The second-order valence-electron chi connectivity index (χ2n) is 4.41. The molecule has 1 fully saturated rings. The summed E-state index contributed by atoms with van der Waals surface area (Å²) in [5.41, 5.74) is 6.82. The molecule has 0 aliphatic heterocycles. The van der Waals surface area contributed by atoms with Crippen molar-refractivity contribution in [1.29, 1.82) is 0 Å². The fourth-order valence-corrected chi connectivity index (χ4v) is 2.58. The fourth-order valence-electron chi connectivity index (χ4n) is 2.04. The third-order valence-electron chi connectivity index (χ3n) is 3.27. The highest BCUT2D eigenvalue weighted by Crippen LogP contribution is 2.35. The van der Waals surface area contributed by atoms with Crippen molar-refractivity contribution in [2.75, 3.05) is 0 Å². The van der Waals surface area contributed by atoms with Gasteiger partial charge in [-0.15, -0.1) is 0 Å². The average molecular weight is 260 g/mol. The Morgan fingerprint density at radius 1 is 1.19 bits per heavy atom. The van der Waals surface area contributed by atoms with Gasteiger partial charge in [-0.05, 0) is 42.5 Å². The number of hydrogen-bond acceptors (Lipinski definition) is 2. The summed E-state index contributed by atoms with van der Waals surface area (Å²) in [6.45, 7) is 0. The van der Waals surface area contributed by atoms with Gasteiger partial charge in [-0.2, -0.15) is 0 Å². The molecule has 0 heterocycles. The summed E-state index contributed by atoms with van der Waals surface area (Å²) in [6, 6.07) is 4.79. The summed E-state index contributed by atoms with van der Waals surface area (Å²) in [5.74, 6) is 0.327. The highest BCUT2D eigenvalue weighted by molar-refractivity contribution is 6.34. The SMILES string of the molecule is N[C@@H](c1cc(Cl)cc(Cl)c1)[C@H](O)C1CCC1. The molecule has 0 radical (unpaired) electrons. The van der Waals surface area contributed by atoms with Gasteiger partial charge in [0.05, 0.1) is 12.1 Å². The summed E-state index contributed by atoms with van der Waals surface area (Å²) >= 11 is 11.8. The van der Waals surface area contributed by atoms with E-state index in [0.29, 0.717) is 16.0 Å². The molecule has 1 saturated carbocycles. The van der Waals surface area contributed by atoms with E-state index in [2.05, 4.69) is 0 Å². The van der Waals surface area contributed by atoms with Gasteiger partial charge in [0.25, 0.3) is 0 Å². The Kier molecular flexibility index (Phi) is 3.75. The molecule has 1 aromatic carbocycles. The lowest BCUT2D eigenvalue weighted by atomic mass is 9.77. The zero-order valence-corrected chi connectivity index (χ0v) is 10.4. The van der Waals surface area contributed by atoms with Crippen LogP contribution in [-0.4, -0.2) is 11.2 Å². The Morgan fingerprint density at radius 3 is 2.19 bits per heavy atom. The van der Waals surface area contributed by atoms with Crippen molar-refractivity contribution in [1.82, 2.24) is 0 Å². The van der Waals surface area contributed by atoms with Crippen LogP contribution in [0.4, 0.5) is 0 Å². The highest BCUT2D eigenvalue weighted by Gasteiger charge is 2.30. The van der Waals surface area contributed by atoms with Crippen molar-refractivity contribution in [2.24, 2.45) is 11.7 Å². The summed E-state index contributed by atoms with van der Waals surface area (Å²) in [5, 5.41) is 11.2. The van der Waals surface area contributed by atoms with Crippen molar-refractivity contribution in [3.05, 3.63) is 33.8 Å². The van der Waals surface area contributed by atoms with E-state index in [1.165, 1.54) is 6.42 Å². The van der Waals surface area contributed by atoms with E-state index in [1.54, 1.807) is 18.2 Å². The van der Waals surface area contributed by atoms with Crippen LogP contribution in [0.1, 0.15) is 30.9 Å². The van der Waals surface area contributed by atoms with Gasteiger partial charge in [-0.3, -0.25) is 0 Å². The van der Waals surface area contributed by atoms with Crippen LogP contribution >= 0.6 is 23.2 Å². The number of halogens is 2. The molecule has 3 N–H and O–H groups in total. The smallest absolute Gasteiger partial charge is 0.0760 e. The minimum atomic E-state index is -0.497. The molecule has 0 aromatic heterocycles. The van der Waals surface area contributed by atoms with Crippen LogP contribution in [0.5, 0.6) is 0 Å². The molecule has 2 rings (SSSR count). The Bertz CT molecular complexity index is 359. The Balaban J connectivity index is 2.15. The van der Waals surface area contributed by atoms with Crippen molar-refractivity contribution in [3.63, 3.8) is 0 Å². The molecule has 0 spiro atoms. The number of rotatable bonds is 3. The van der Waals surface area contributed by atoms with Crippen molar-refractivity contribution in [3.8, 4) is 0 Å². The first-order valence-corrected chi connectivity index (χ1v) is 6.23. The maximum atomic E-state index is 10.1. The lowest BCUT2D eigenvalue weighted by Crippen LogP contribution is -2.36. The van der Waals surface area contributed by atoms with Crippen LogP contribution in [0.2, 0.25) is 10.0 Å². The maximum absolute atomic E-state index is 10.1. The second kappa shape index (κ2) is 4.92. The van der Waals surface area contributed by atoms with Crippen LogP contribution in [0.15, 0.2) is 18.2 Å². The van der Waals surface area contributed by atoms with Crippen molar-refractivity contribution >= 4 is 23.2 Å². The van der Waals surface area contributed by atoms with E-state index in [9.17, 15) is 5.11 Å². The highest BCUT2D eigenvalue weighted by atomic mass is 35.5. The van der Waals surface area contributed by atoms with Crippen LogP contribution in [-0.2, 0) is 0 Å². The minimum Gasteiger partial charge on any atom is -0.391 e. The monoisotopic (exact) mass is 259 g/mol. The largest absolute Gasteiger partial charge is 0.391 e. The lowest BCUT2D eigenvalue weighted by molar-refractivity contribution is 0.0414. The first-order valence-electron chi connectivity index (χ1n) is 5.47. The predicted molar refractivity (Wildman–Crippen MR) is 66.7 cm³/mol. The number of benzene rings is 1. The normalized spacial score (nSPS) is 20.2. The Hall–Kier alpha value is -0.280. The molecular weight excluding hydrogens is 245 g/mol. The number of aliphatic hydroxyl groups is 1. The third-order valence-corrected chi connectivity index (χ3v) is 3.71. The van der Waals surface area contributed by atoms with E-state index >= 15 is 0 Å². The van der Waals surface area contributed by atoms with Gasteiger partial charge in [0.1, 0.15) is 0 Å². The molecule has 88 valence electrons. The fraction of sp³-hybridized carbons (Fsp3) is 0.500. The van der Waals surface area contributed by atoms with Gasteiger partial charge in [-0.25, -0.2) is 0 Å². The summed E-state index contributed by atoms with van der Waals surface area (Å²) in [6.07, 6.45) is 2.81. The lowest BCUT2D eigenvalue weighted by Gasteiger charge is -2.33. The molecule has 4 heteroatoms. The summed E-state index contributed by atoms with van der Waals surface area (Å²) < 4.78 is 0. The van der Waals surface area contributed by atoms with E-state index < -0.39 is 12.1 Å². The van der Waals surface area contributed by atoms with Gasteiger partial charge >= 0.3 is 0 Å². The first kappa shape index (κ1) is 12.2. The molecule has 0 saturated heterocycles. The second-order valence-corrected chi connectivity index (χ2v) is 5.28. The number of nitrogens with two attached hydrogens (primary N) is 1. The molecule has 0 unspecified atom stereocenters. The van der Waals surface area contributed by atoms with Crippen LogP contribution in [0, 0.1) is 5.92 Å². The van der Waals surface area contributed by atoms with Crippen LogP contribution < -0.4 is 5.73 Å². The zero-order valence-electron chi connectivity index (χ0n) is 8.87. The van der Waals surface area contributed by atoms with Gasteiger partial charge < -0.3 is 10.8 Å². The summed E-state index contributed by atoms with van der Waals surface area (Å²) in [7, 11) is 0. The van der Waals surface area contributed by atoms with Crippen molar-refractivity contribution in [2.45, 2.75) is 31.4 Å². The van der Waals surface area contributed by atoms with Gasteiger partial charge in [0.15, 0.2) is 0 Å². The summed E-state index contributed by atoms with van der Waals surface area (Å²) in [4.78, 5) is 0. The average Bonchev–Trinajstić information content (AvgIpc) is 2.12. The number of aliphatic hydroxyl groups excluding tert-OH is 1. The van der Waals surface area contributed by atoms with Crippen LogP contribution in [0.3, 0.4) is 0 Å². The molecular formula is C12H15Cl2NO. The molecule has 1 aliphatic carbocycles. The minimum absolute atomic E-state index is 0.327. The topological polar surface area (TPSA) is 46.2 Å². The number of hydrogen-bond donors (Lipinski definition) is 2. The molecule has 0 amide bonds. The van der Waals surface area contributed by atoms with Gasteiger partial charge in [0, 0.05) is 10.0 Å². The van der Waals surface area contributed by atoms with E-state index in [-0.39, 0.29) is 0 Å². The third kappa shape index (κ3) is 2.51. The first-order chi connectivity index (χ1) is 7.58. The Morgan fingerprint density at radius 2 is 1.75 bits per heavy atom. The van der Waals surface area contributed by atoms with Gasteiger partial charge in [-0.1, -0.05) is 29.6 Å². The predicted octanol–water partition coefficient (Wildman–Crippen LogP) is 3.15. The molecule has 0 bridgehead atoms. The molecule has 1 aliphatic rings. The quantitative estimate of drug-likeness (QED) is 0.876. The van der Waals surface area contributed by atoms with Crippen molar-refractivity contribution < 1.29 is 5.11 Å². The standard InChI is InChI=1S/C12H15Cl2NO/c13-9-4-8(5-10(14)6-9)11(15)12(16)7-2-1-3-7/h4-7,11-12,16H,1-3,15H2/t11-,12+/m0/s1. The molecule has 1 aromatic rings. The van der Waals surface area contributed by atoms with Crippen LogP contribution in [0.25, 0.3) is 0 Å². The van der Waals surface area contributed by atoms with Gasteiger partial charge in [0.2, 0.25) is 0 Å². The van der Waals surface area contributed by atoms with E-state index in [1.807, 2.05) is 0 Å². The van der Waals surface area contributed by atoms with E-state index in [4.69, 9.17) is 28.9 Å². The van der Waals surface area contributed by atoms with E-state index in [0.717, 1.165) is 18.4 Å². The Labute approximate surface area is 105 Å². The molecule has 16 heavy (non-hydrogen) atoms. The molecule has 2 nitrogen and oxygen atoms in total.